The van der Waals surface area contributed by atoms with E-state index in [-0.39, 0.29) is 11.5 Å². The molecule has 1 aromatic carbocycles. The molecule has 0 radical (unpaired) electrons. The highest BCUT2D eigenvalue weighted by Gasteiger charge is 2.10. The maximum absolute atomic E-state index is 11.1. The normalized spacial score (nSPS) is 11.2. The van der Waals surface area contributed by atoms with Crippen LogP contribution in [0.1, 0.15) is 0 Å². The van der Waals surface area contributed by atoms with Crippen LogP contribution < -0.4 is 4.18 Å². The van der Waals surface area contributed by atoms with Gasteiger partial charge in [-0.05, 0) is 12.1 Å². The molecule has 0 bridgehead atoms. The summed E-state index contributed by atoms with van der Waals surface area (Å²) in [6.45, 7) is 0. The molecule has 0 amide bonds. The summed E-state index contributed by atoms with van der Waals surface area (Å²) in [6.07, 6.45) is 0. The van der Waals surface area contributed by atoms with Gasteiger partial charge in [0.25, 0.3) is 0 Å². The first-order valence-electron chi connectivity index (χ1n) is 3.72. The van der Waals surface area contributed by atoms with E-state index in [2.05, 4.69) is 12.6 Å². The molecule has 0 fully saturated rings. The zero-order valence-corrected chi connectivity index (χ0v) is 8.59. The molecule has 0 aromatic heterocycles. The van der Waals surface area contributed by atoms with Crippen molar-refractivity contribution in [3.05, 3.63) is 30.3 Å². The summed E-state index contributed by atoms with van der Waals surface area (Å²) >= 11 is 3.82. The Morgan fingerprint density at radius 1 is 1.23 bits per heavy atom. The van der Waals surface area contributed by atoms with E-state index in [0.717, 1.165) is 0 Å². The number of thiol groups is 1. The first-order valence-corrected chi connectivity index (χ1v) is 5.93. The number of benzene rings is 1. The topological polar surface area (TPSA) is 43.4 Å². The number of hydrogen-bond acceptors (Lipinski definition) is 4. The monoisotopic (exact) mass is 218 g/mol. The lowest BCUT2D eigenvalue weighted by Crippen LogP contribution is -2.14. The first-order chi connectivity index (χ1) is 6.14. The Labute approximate surface area is 83.3 Å². The fourth-order valence-corrected chi connectivity index (χ4v) is 2.16. The van der Waals surface area contributed by atoms with Gasteiger partial charge in [-0.15, -0.1) is 0 Å². The molecule has 1 rings (SSSR count). The van der Waals surface area contributed by atoms with E-state index in [9.17, 15) is 8.42 Å². The fourth-order valence-electron chi connectivity index (χ4n) is 0.776. The molecule has 0 unspecified atom stereocenters. The Hall–Kier alpha value is -0.680. The van der Waals surface area contributed by atoms with Crippen molar-refractivity contribution in [1.82, 2.24) is 0 Å². The van der Waals surface area contributed by atoms with Gasteiger partial charge in [-0.3, -0.25) is 0 Å². The Kier molecular flexibility index (Phi) is 3.62. The highest BCUT2D eigenvalue weighted by atomic mass is 32.2. The minimum Gasteiger partial charge on any atom is -0.382 e. The minimum atomic E-state index is -3.46. The molecule has 0 atom stereocenters. The summed E-state index contributed by atoms with van der Waals surface area (Å²) in [5, 5.41) is 0. The van der Waals surface area contributed by atoms with Gasteiger partial charge in [-0.2, -0.15) is 21.0 Å². The van der Waals surface area contributed by atoms with Gasteiger partial charge in [0.2, 0.25) is 0 Å². The largest absolute Gasteiger partial charge is 0.382 e. The molecule has 0 aliphatic heterocycles. The van der Waals surface area contributed by atoms with Crippen molar-refractivity contribution in [2.75, 3.05) is 11.5 Å². The van der Waals surface area contributed by atoms with Gasteiger partial charge >= 0.3 is 10.1 Å². The second kappa shape index (κ2) is 4.53. The lowest BCUT2D eigenvalue weighted by Gasteiger charge is -2.04. The van der Waals surface area contributed by atoms with Crippen LogP contribution in [0, 0.1) is 0 Å². The summed E-state index contributed by atoms with van der Waals surface area (Å²) in [4.78, 5) is 0. The van der Waals surface area contributed by atoms with Crippen molar-refractivity contribution < 1.29 is 12.6 Å². The predicted octanol–water partition coefficient (Wildman–Crippen LogP) is 1.32. The number of para-hydroxylation sites is 1. The van der Waals surface area contributed by atoms with Crippen LogP contribution in [0.25, 0.3) is 0 Å². The van der Waals surface area contributed by atoms with E-state index in [1.165, 1.54) is 0 Å². The van der Waals surface area contributed by atoms with Crippen molar-refractivity contribution in [2.45, 2.75) is 0 Å². The quantitative estimate of drug-likeness (QED) is 0.612. The summed E-state index contributed by atoms with van der Waals surface area (Å²) < 4.78 is 27.0. The molecule has 5 heteroatoms. The molecule has 13 heavy (non-hydrogen) atoms. The first kappa shape index (κ1) is 10.4. The molecule has 0 spiro atoms. The summed E-state index contributed by atoms with van der Waals surface area (Å²) in [5.74, 6) is 0.518. The van der Waals surface area contributed by atoms with Crippen molar-refractivity contribution in [3.8, 4) is 5.75 Å². The average Bonchev–Trinajstić information content (AvgIpc) is 2.04. The van der Waals surface area contributed by atoms with Crippen LogP contribution in [0.5, 0.6) is 5.75 Å². The molecule has 72 valence electrons. The van der Waals surface area contributed by atoms with Crippen LogP contribution in [0.15, 0.2) is 30.3 Å². The van der Waals surface area contributed by atoms with Crippen LogP contribution in [0.4, 0.5) is 0 Å². The van der Waals surface area contributed by atoms with E-state index in [4.69, 9.17) is 4.18 Å². The number of hydrogen-bond donors (Lipinski definition) is 1. The molecule has 0 aliphatic carbocycles. The Bertz CT molecular complexity index is 345. The van der Waals surface area contributed by atoms with Gasteiger partial charge < -0.3 is 4.18 Å². The molecule has 0 saturated heterocycles. The fraction of sp³-hybridized carbons (Fsp3) is 0.250. The second-order valence-corrected chi connectivity index (χ2v) is 4.52. The van der Waals surface area contributed by atoms with Gasteiger partial charge in [0.05, 0.1) is 5.75 Å². The third-order valence-corrected chi connectivity index (χ3v) is 2.98. The minimum absolute atomic E-state index is 0.0784. The summed E-state index contributed by atoms with van der Waals surface area (Å²) in [6, 6.07) is 8.40. The third-order valence-electron chi connectivity index (χ3n) is 1.31. The van der Waals surface area contributed by atoms with Crippen molar-refractivity contribution in [2.24, 2.45) is 0 Å². The van der Waals surface area contributed by atoms with E-state index < -0.39 is 10.1 Å². The van der Waals surface area contributed by atoms with Gasteiger partial charge in [-0.25, -0.2) is 0 Å². The van der Waals surface area contributed by atoms with Gasteiger partial charge in [0.15, 0.2) is 0 Å². The van der Waals surface area contributed by atoms with Crippen LogP contribution >= 0.6 is 12.6 Å². The lowest BCUT2D eigenvalue weighted by atomic mass is 10.3. The van der Waals surface area contributed by atoms with E-state index >= 15 is 0 Å². The second-order valence-electron chi connectivity index (χ2n) is 2.38. The van der Waals surface area contributed by atoms with Gasteiger partial charge in [0.1, 0.15) is 5.75 Å². The highest BCUT2D eigenvalue weighted by Crippen LogP contribution is 2.11. The standard InChI is InChI=1S/C8H10O3S2/c9-13(10,7-6-12)11-8-4-2-1-3-5-8/h1-5,12H,6-7H2. The molecule has 1 aromatic rings. The maximum Gasteiger partial charge on any atom is 0.309 e. The molecule has 0 heterocycles. The van der Waals surface area contributed by atoms with E-state index in [0.29, 0.717) is 5.75 Å². The van der Waals surface area contributed by atoms with Crippen LogP contribution in [0.2, 0.25) is 0 Å². The highest BCUT2D eigenvalue weighted by molar-refractivity contribution is 7.88. The molecule has 0 aliphatic rings. The van der Waals surface area contributed by atoms with Crippen molar-refractivity contribution >= 4 is 22.7 Å². The molecule has 0 saturated carbocycles. The third kappa shape index (κ3) is 3.69. The zero-order valence-electron chi connectivity index (χ0n) is 6.88. The van der Waals surface area contributed by atoms with Gasteiger partial charge in [0, 0.05) is 5.75 Å². The molecule has 3 nitrogen and oxygen atoms in total. The van der Waals surface area contributed by atoms with Crippen molar-refractivity contribution in [1.29, 1.82) is 0 Å². The maximum atomic E-state index is 11.1. The average molecular weight is 218 g/mol. The molecular formula is C8H10O3S2. The molecular weight excluding hydrogens is 208 g/mol. The zero-order chi connectivity index (χ0) is 9.73. The van der Waals surface area contributed by atoms with Crippen LogP contribution in [-0.2, 0) is 10.1 Å². The number of rotatable bonds is 4. The smallest absolute Gasteiger partial charge is 0.309 e. The van der Waals surface area contributed by atoms with E-state index in [1.54, 1.807) is 30.3 Å². The van der Waals surface area contributed by atoms with Crippen molar-refractivity contribution in [3.63, 3.8) is 0 Å². The van der Waals surface area contributed by atoms with Crippen LogP contribution in [0.3, 0.4) is 0 Å². The SMILES string of the molecule is O=S(=O)(CCS)Oc1ccccc1. The summed E-state index contributed by atoms with van der Waals surface area (Å²) in [7, 11) is -3.46. The van der Waals surface area contributed by atoms with Crippen LogP contribution in [-0.4, -0.2) is 19.9 Å². The van der Waals surface area contributed by atoms with E-state index in [1.807, 2.05) is 0 Å². The Balaban J connectivity index is 2.70. The Morgan fingerprint density at radius 3 is 2.38 bits per heavy atom. The Morgan fingerprint density at radius 2 is 1.85 bits per heavy atom. The van der Waals surface area contributed by atoms with Gasteiger partial charge in [-0.1, -0.05) is 18.2 Å². The lowest BCUT2D eigenvalue weighted by molar-refractivity contribution is 0.488. The molecule has 0 N–H and O–H groups in total. The predicted molar refractivity (Wildman–Crippen MR) is 54.7 cm³/mol. The summed E-state index contributed by atoms with van der Waals surface area (Å²) in [5.41, 5.74) is 0.